The molecular formula is C27H27ClFN7O3. The van der Waals surface area contributed by atoms with Gasteiger partial charge >= 0.3 is 5.69 Å². The summed E-state index contributed by atoms with van der Waals surface area (Å²) in [6.45, 7) is 9.30. The molecule has 202 valence electrons. The minimum absolute atomic E-state index is 0.0203. The van der Waals surface area contributed by atoms with E-state index in [4.69, 9.17) is 11.6 Å². The van der Waals surface area contributed by atoms with E-state index >= 15 is 0 Å². The fourth-order valence-corrected chi connectivity index (χ4v) is 5.20. The van der Waals surface area contributed by atoms with Gasteiger partial charge in [-0.3, -0.25) is 4.79 Å². The van der Waals surface area contributed by atoms with E-state index in [9.17, 15) is 19.1 Å². The van der Waals surface area contributed by atoms with Gasteiger partial charge in [0.05, 0.1) is 21.7 Å². The summed E-state index contributed by atoms with van der Waals surface area (Å²) < 4.78 is 18.0. The number of hydrogen-bond acceptors (Lipinski definition) is 7. The minimum atomic E-state index is -0.712. The van der Waals surface area contributed by atoms with Crippen molar-refractivity contribution in [3.8, 4) is 23.0 Å². The van der Waals surface area contributed by atoms with Gasteiger partial charge in [-0.25, -0.2) is 23.7 Å². The first-order chi connectivity index (χ1) is 18.7. The third-order valence-electron chi connectivity index (χ3n) is 6.77. The van der Waals surface area contributed by atoms with Crippen LogP contribution in [0.5, 0.6) is 5.75 Å². The van der Waals surface area contributed by atoms with Crippen LogP contribution in [0, 0.1) is 5.82 Å². The molecule has 1 atom stereocenters. The van der Waals surface area contributed by atoms with Crippen LogP contribution in [0.15, 0.2) is 54.1 Å². The molecule has 1 aromatic carbocycles. The van der Waals surface area contributed by atoms with Gasteiger partial charge in [-0.1, -0.05) is 31.2 Å². The summed E-state index contributed by atoms with van der Waals surface area (Å²) in [5.74, 6) is -0.570. The molecule has 3 aromatic heterocycles. The number of imidazole rings is 1. The molecule has 0 bridgehead atoms. The van der Waals surface area contributed by atoms with Crippen LogP contribution in [0.4, 0.5) is 10.2 Å². The number of aromatic hydroxyl groups is 1. The Labute approximate surface area is 228 Å². The highest BCUT2D eigenvalue weighted by Gasteiger charge is 2.30. The Morgan fingerprint density at radius 3 is 2.79 bits per heavy atom. The Hall–Kier alpha value is -4.25. The van der Waals surface area contributed by atoms with Crippen molar-refractivity contribution in [3.63, 3.8) is 0 Å². The third kappa shape index (κ3) is 4.63. The van der Waals surface area contributed by atoms with Gasteiger partial charge in [0.1, 0.15) is 17.4 Å². The number of rotatable bonds is 6. The van der Waals surface area contributed by atoms with Gasteiger partial charge in [-0.05, 0) is 37.6 Å². The second-order valence-electron chi connectivity index (χ2n) is 9.33. The van der Waals surface area contributed by atoms with E-state index in [1.54, 1.807) is 27.9 Å². The lowest BCUT2D eigenvalue weighted by Gasteiger charge is -2.40. The van der Waals surface area contributed by atoms with Crippen LogP contribution < -0.4 is 10.6 Å². The van der Waals surface area contributed by atoms with Crippen molar-refractivity contribution in [2.75, 3.05) is 24.5 Å². The Bertz CT molecular complexity index is 1630. The number of carbonyl (C=O) groups is 1. The van der Waals surface area contributed by atoms with Crippen LogP contribution >= 0.6 is 11.6 Å². The number of hydrogen-bond donors (Lipinski definition) is 1. The van der Waals surface area contributed by atoms with E-state index in [1.165, 1.54) is 28.8 Å². The van der Waals surface area contributed by atoms with E-state index in [0.717, 1.165) is 6.42 Å². The highest BCUT2D eigenvalue weighted by atomic mass is 35.5. The van der Waals surface area contributed by atoms with Crippen molar-refractivity contribution >= 4 is 34.4 Å². The number of amides is 1. The maximum absolute atomic E-state index is 14.9. The number of fused-ring (bicyclic) bond motifs is 1. The number of phenols is 1. The second-order valence-corrected chi connectivity index (χ2v) is 9.74. The van der Waals surface area contributed by atoms with Gasteiger partial charge < -0.3 is 19.5 Å². The van der Waals surface area contributed by atoms with E-state index in [2.05, 4.69) is 21.5 Å². The smallest absolute Gasteiger partial charge is 0.358 e. The predicted molar refractivity (Wildman–Crippen MR) is 147 cm³/mol. The molecule has 0 saturated carbocycles. The van der Waals surface area contributed by atoms with Crippen molar-refractivity contribution in [3.05, 3.63) is 70.6 Å². The van der Waals surface area contributed by atoms with Crippen molar-refractivity contribution in [1.82, 2.24) is 29.0 Å². The number of anilines is 1. The number of pyridine rings is 1. The van der Waals surface area contributed by atoms with Crippen LogP contribution in [0.25, 0.3) is 28.2 Å². The third-order valence-corrected chi connectivity index (χ3v) is 7.06. The first-order valence-electron chi connectivity index (χ1n) is 12.6. The molecular weight excluding hydrogens is 525 g/mol. The van der Waals surface area contributed by atoms with Gasteiger partial charge in [0.2, 0.25) is 11.9 Å². The summed E-state index contributed by atoms with van der Waals surface area (Å²) in [6.07, 6.45) is 5.40. The van der Waals surface area contributed by atoms with E-state index < -0.39 is 11.5 Å². The summed E-state index contributed by atoms with van der Waals surface area (Å²) in [5, 5.41) is 11.0. The largest absolute Gasteiger partial charge is 0.507 e. The highest BCUT2D eigenvalue weighted by Crippen LogP contribution is 2.38. The van der Waals surface area contributed by atoms with Crippen LogP contribution in [-0.2, 0) is 11.3 Å². The van der Waals surface area contributed by atoms with E-state index in [-0.39, 0.29) is 39.6 Å². The zero-order valence-electron chi connectivity index (χ0n) is 21.5. The average Bonchev–Trinajstić information content (AvgIpc) is 3.36. The fourth-order valence-electron chi connectivity index (χ4n) is 4.95. The van der Waals surface area contributed by atoms with Crippen LogP contribution in [0.3, 0.4) is 0 Å². The number of aromatic nitrogens is 5. The lowest BCUT2D eigenvalue weighted by atomic mass is 10.1. The molecule has 39 heavy (non-hydrogen) atoms. The first kappa shape index (κ1) is 26.4. The van der Waals surface area contributed by atoms with E-state index in [1.807, 2.05) is 18.7 Å². The summed E-state index contributed by atoms with van der Waals surface area (Å²) >= 11 is 6.65. The highest BCUT2D eigenvalue weighted by molar-refractivity contribution is 6.34. The van der Waals surface area contributed by atoms with Gasteiger partial charge in [-0.15, -0.1) is 0 Å². The van der Waals surface area contributed by atoms with Crippen molar-refractivity contribution < 1.29 is 14.3 Å². The number of piperazine rings is 1. The molecule has 5 rings (SSSR count). The van der Waals surface area contributed by atoms with Crippen molar-refractivity contribution in [2.45, 2.75) is 32.9 Å². The minimum Gasteiger partial charge on any atom is -0.507 e. The maximum Gasteiger partial charge on any atom is 0.358 e. The number of nitrogens with zero attached hydrogens (tertiary/aromatic N) is 7. The van der Waals surface area contributed by atoms with Crippen LogP contribution in [0.1, 0.15) is 20.3 Å². The molecule has 0 unspecified atom stereocenters. The Morgan fingerprint density at radius 1 is 1.31 bits per heavy atom. The molecule has 1 aliphatic heterocycles. The quantitative estimate of drug-likeness (QED) is 0.363. The normalized spacial score (nSPS) is 15.6. The SMILES string of the molecule is C=CC(=O)N1CCN(c2nc(=O)n(-c3nccn3CCC)c3nc(-c4c(O)cccc4F)c(Cl)cc23)[C@@H](C)C1. The molecule has 1 saturated heterocycles. The molecule has 0 radical (unpaired) electrons. The lowest BCUT2D eigenvalue weighted by molar-refractivity contribution is -0.126. The molecule has 4 aromatic rings. The van der Waals surface area contributed by atoms with Crippen molar-refractivity contribution in [2.24, 2.45) is 0 Å². The molecule has 1 amide bonds. The summed E-state index contributed by atoms with van der Waals surface area (Å²) in [6, 6.07) is 5.29. The number of aryl methyl sites for hydroxylation is 1. The number of phenolic OH excluding ortho intramolecular Hbond substituents is 1. The number of benzene rings is 1. The van der Waals surface area contributed by atoms with Crippen LogP contribution in [-0.4, -0.2) is 65.7 Å². The molecule has 10 nitrogen and oxygen atoms in total. The Balaban J connectivity index is 1.77. The standard InChI is InChI=1S/C27H27ClFN7O3/c1-4-10-33-11-9-30-26(33)36-25-17(14-18(28)23(31-25)22-19(29)7-6-8-20(22)37)24(32-27(36)39)35-13-12-34(15-16(35)3)21(38)5-2/h5-9,11,14,16,37H,2,4,10,12-13,15H2,1,3H3/t16-/m0/s1. The zero-order valence-corrected chi connectivity index (χ0v) is 22.3. The lowest BCUT2D eigenvalue weighted by Crippen LogP contribution is -2.54. The van der Waals surface area contributed by atoms with Gasteiger partial charge in [0.25, 0.3) is 0 Å². The summed E-state index contributed by atoms with van der Waals surface area (Å²) in [5.41, 5.74) is -0.666. The first-order valence-corrected chi connectivity index (χ1v) is 12.9. The van der Waals surface area contributed by atoms with Gasteiger partial charge in [0, 0.05) is 44.6 Å². The summed E-state index contributed by atoms with van der Waals surface area (Å²) in [7, 11) is 0. The zero-order chi connectivity index (χ0) is 27.8. The van der Waals surface area contributed by atoms with Crippen LogP contribution in [0.2, 0.25) is 5.02 Å². The monoisotopic (exact) mass is 551 g/mol. The molecule has 4 heterocycles. The number of halogens is 2. The molecule has 12 heteroatoms. The van der Waals surface area contributed by atoms with Gasteiger partial charge in [-0.2, -0.15) is 4.98 Å². The predicted octanol–water partition coefficient (Wildman–Crippen LogP) is 3.78. The average molecular weight is 552 g/mol. The fraction of sp³-hybridized carbons (Fsp3) is 0.296. The molecule has 1 aliphatic rings. The Kier molecular flexibility index (Phi) is 7.09. The maximum atomic E-state index is 14.9. The molecule has 1 fully saturated rings. The van der Waals surface area contributed by atoms with Gasteiger partial charge in [0.15, 0.2) is 5.65 Å². The number of carbonyl (C=O) groups excluding carboxylic acids is 1. The van der Waals surface area contributed by atoms with E-state index in [0.29, 0.717) is 43.3 Å². The molecule has 0 spiro atoms. The summed E-state index contributed by atoms with van der Waals surface area (Å²) in [4.78, 5) is 42.9. The topological polar surface area (TPSA) is 109 Å². The Morgan fingerprint density at radius 2 is 2.10 bits per heavy atom. The second kappa shape index (κ2) is 10.5. The molecule has 0 aliphatic carbocycles. The van der Waals surface area contributed by atoms with Crippen molar-refractivity contribution in [1.29, 1.82) is 0 Å². The molecule has 1 N–H and O–H groups in total.